The van der Waals surface area contributed by atoms with Crippen molar-refractivity contribution in [2.75, 3.05) is 0 Å². The van der Waals surface area contributed by atoms with Gasteiger partial charge in [0.25, 0.3) is 0 Å². The molecule has 0 radical (unpaired) electrons. The van der Waals surface area contributed by atoms with Gasteiger partial charge in [-0.15, -0.1) is 0 Å². The number of rotatable bonds is 8. The highest BCUT2D eigenvalue weighted by molar-refractivity contribution is 5.83. The Kier molecular flexibility index (Phi) is 7.02. The average molecular weight is 309 g/mol. The Bertz CT molecular complexity index is 518. The summed E-state index contributed by atoms with van der Waals surface area (Å²) in [6, 6.07) is 5.43. The van der Waals surface area contributed by atoms with Crippen LogP contribution in [0.15, 0.2) is 24.3 Å². The van der Waals surface area contributed by atoms with Crippen LogP contribution >= 0.6 is 0 Å². The van der Waals surface area contributed by atoms with Gasteiger partial charge in [-0.25, -0.2) is 9.18 Å². The molecule has 1 rings (SSSR count). The van der Waals surface area contributed by atoms with Crippen LogP contribution in [0.3, 0.4) is 0 Å². The van der Waals surface area contributed by atoms with Gasteiger partial charge in [-0.2, -0.15) is 0 Å². The van der Waals surface area contributed by atoms with Gasteiger partial charge in [0.1, 0.15) is 11.9 Å². The van der Waals surface area contributed by atoms with Crippen LogP contribution in [0.5, 0.6) is 0 Å². The van der Waals surface area contributed by atoms with Gasteiger partial charge in [-0.05, 0) is 36.0 Å². The van der Waals surface area contributed by atoms with Crippen molar-refractivity contribution in [2.24, 2.45) is 11.8 Å². The average Bonchev–Trinajstić information content (AvgIpc) is 2.43. The van der Waals surface area contributed by atoms with Gasteiger partial charge < -0.3 is 10.4 Å². The number of amides is 1. The smallest absolute Gasteiger partial charge is 0.326 e. The number of carbonyl (C=O) groups excluding carboxylic acids is 1. The summed E-state index contributed by atoms with van der Waals surface area (Å²) in [7, 11) is 0. The van der Waals surface area contributed by atoms with Crippen molar-refractivity contribution in [2.45, 2.75) is 46.1 Å². The number of halogens is 1. The Morgan fingerprint density at radius 2 is 2.00 bits per heavy atom. The highest BCUT2D eigenvalue weighted by Crippen LogP contribution is 2.14. The summed E-state index contributed by atoms with van der Waals surface area (Å²) in [5, 5.41) is 11.7. The predicted molar refractivity (Wildman–Crippen MR) is 82.9 cm³/mol. The Morgan fingerprint density at radius 1 is 1.32 bits per heavy atom. The van der Waals surface area contributed by atoms with E-state index in [-0.39, 0.29) is 30.0 Å². The van der Waals surface area contributed by atoms with Gasteiger partial charge in [-0.1, -0.05) is 39.3 Å². The Hall–Kier alpha value is -1.91. The number of hydrogen-bond acceptors (Lipinski definition) is 2. The van der Waals surface area contributed by atoms with E-state index in [0.717, 1.165) is 5.56 Å². The minimum atomic E-state index is -1.01. The third-order valence-electron chi connectivity index (χ3n) is 3.80. The molecular weight excluding hydrogens is 285 g/mol. The van der Waals surface area contributed by atoms with Gasteiger partial charge in [0.15, 0.2) is 0 Å². The fourth-order valence-electron chi connectivity index (χ4n) is 2.37. The van der Waals surface area contributed by atoms with E-state index >= 15 is 0 Å². The van der Waals surface area contributed by atoms with Crippen LogP contribution in [-0.4, -0.2) is 23.0 Å². The summed E-state index contributed by atoms with van der Waals surface area (Å²) in [5.74, 6) is -1.71. The molecule has 0 spiro atoms. The molecule has 0 aromatic heterocycles. The topological polar surface area (TPSA) is 66.4 Å². The fraction of sp³-hybridized carbons (Fsp3) is 0.529. The molecule has 0 fully saturated rings. The quantitative estimate of drug-likeness (QED) is 0.776. The lowest BCUT2D eigenvalue weighted by Gasteiger charge is -2.21. The molecule has 0 bridgehead atoms. The molecule has 0 saturated heterocycles. The molecule has 1 unspecified atom stereocenters. The molecule has 1 amide bonds. The Labute approximate surface area is 130 Å². The maximum Gasteiger partial charge on any atom is 0.326 e. The third-order valence-corrected chi connectivity index (χ3v) is 3.80. The van der Waals surface area contributed by atoms with Crippen molar-refractivity contribution in [3.05, 3.63) is 35.6 Å². The first-order chi connectivity index (χ1) is 10.3. The van der Waals surface area contributed by atoms with Gasteiger partial charge in [0.2, 0.25) is 5.91 Å². The van der Waals surface area contributed by atoms with Crippen LogP contribution in [0, 0.1) is 17.7 Å². The number of carboxylic acids is 1. The van der Waals surface area contributed by atoms with Crippen molar-refractivity contribution in [3.8, 4) is 0 Å². The highest BCUT2D eigenvalue weighted by atomic mass is 19.1. The summed E-state index contributed by atoms with van der Waals surface area (Å²) in [6.07, 6.45) is 1.47. The summed E-state index contributed by atoms with van der Waals surface area (Å²) in [5.41, 5.74) is 0.831. The third kappa shape index (κ3) is 5.84. The number of hydrogen-bond donors (Lipinski definition) is 2. The number of carboxylic acid groups (broad SMARTS) is 1. The van der Waals surface area contributed by atoms with E-state index in [9.17, 15) is 14.0 Å². The molecular formula is C17H24FNO3. The molecule has 22 heavy (non-hydrogen) atoms. The zero-order valence-corrected chi connectivity index (χ0v) is 13.3. The van der Waals surface area contributed by atoms with Crippen LogP contribution in [0.1, 0.15) is 39.2 Å². The molecule has 0 aliphatic heterocycles. The Morgan fingerprint density at radius 3 is 2.55 bits per heavy atom. The summed E-state index contributed by atoms with van der Waals surface area (Å²) < 4.78 is 13.1. The zero-order valence-electron chi connectivity index (χ0n) is 13.3. The standard InChI is InChI=1S/C17H24FNO3/c1-4-12(3)16(17(21)22)19-15(20)9-11(2)8-13-6-5-7-14(18)10-13/h5-7,10-12,16H,4,8-9H2,1-3H3,(H,19,20)(H,21,22)/t11?,12-,16-/m0/s1. The largest absolute Gasteiger partial charge is 0.480 e. The van der Waals surface area contributed by atoms with E-state index in [1.165, 1.54) is 12.1 Å². The molecule has 2 N–H and O–H groups in total. The maximum atomic E-state index is 13.1. The van der Waals surface area contributed by atoms with E-state index in [0.29, 0.717) is 12.8 Å². The van der Waals surface area contributed by atoms with Crippen LogP contribution in [0.2, 0.25) is 0 Å². The zero-order chi connectivity index (χ0) is 16.7. The number of nitrogens with one attached hydrogen (secondary N) is 1. The number of carbonyl (C=O) groups is 2. The van der Waals surface area contributed by atoms with Crippen molar-refractivity contribution in [1.82, 2.24) is 5.32 Å². The van der Waals surface area contributed by atoms with E-state index < -0.39 is 12.0 Å². The van der Waals surface area contributed by atoms with Gasteiger partial charge in [0, 0.05) is 6.42 Å². The van der Waals surface area contributed by atoms with Crippen LogP contribution < -0.4 is 5.32 Å². The molecule has 3 atom stereocenters. The number of aliphatic carboxylic acids is 1. The number of benzene rings is 1. The van der Waals surface area contributed by atoms with Crippen LogP contribution in [0.25, 0.3) is 0 Å². The first-order valence-corrected chi connectivity index (χ1v) is 7.60. The monoisotopic (exact) mass is 309 g/mol. The van der Waals surface area contributed by atoms with Crippen molar-refractivity contribution < 1.29 is 19.1 Å². The second-order valence-corrected chi connectivity index (χ2v) is 5.91. The molecule has 0 aliphatic rings. The maximum absolute atomic E-state index is 13.1. The Balaban J connectivity index is 2.54. The van der Waals surface area contributed by atoms with Crippen molar-refractivity contribution in [1.29, 1.82) is 0 Å². The second-order valence-electron chi connectivity index (χ2n) is 5.91. The van der Waals surface area contributed by atoms with Crippen molar-refractivity contribution in [3.63, 3.8) is 0 Å². The lowest BCUT2D eigenvalue weighted by molar-refractivity contribution is -0.143. The molecule has 0 saturated carbocycles. The van der Waals surface area contributed by atoms with Crippen LogP contribution in [-0.2, 0) is 16.0 Å². The SMILES string of the molecule is CC[C@H](C)[C@H](NC(=O)CC(C)Cc1cccc(F)c1)C(=O)O. The van der Waals surface area contributed by atoms with Crippen molar-refractivity contribution >= 4 is 11.9 Å². The summed E-state index contributed by atoms with van der Waals surface area (Å²) in [6.45, 7) is 5.58. The fourth-order valence-corrected chi connectivity index (χ4v) is 2.37. The summed E-state index contributed by atoms with van der Waals surface area (Å²) >= 11 is 0. The van der Waals surface area contributed by atoms with Crippen LogP contribution in [0.4, 0.5) is 4.39 Å². The first kappa shape index (κ1) is 18.1. The first-order valence-electron chi connectivity index (χ1n) is 7.60. The predicted octanol–water partition coefficient (Wildman–Crippen LogP) is 3.01. The highest BCUT2D eigenvalue weighted by Gasteiger charge is 2.25. The normalized spacial score (nSPS) is 14.9. The second kappa shape index (κ2) is 8.51. The van der Waals surface area contributed by atoms with E-state index in [1.54, 1.807) is 13.0 Å². The van der Waals surface area contributed by atoms with Gasteiger partial charge in [0.05, 0.1) is 0 Å². The minimum absolute atomic E-state index is 0.00757. The molecule has 122 valence electrons. The van der Waals surface area contributed by atoms with Gasteiger partial charge in [-0.3, -0.25) is 4.79 Å². The molecule has 1 aromatic rings. The molecule has 4 nitrogen and oxygen atoms in total. The van der Waals surface area contributed by atoms with E-state index in [4.69, 9.17) is 5.11 Å². The molecule has 0 aliphatic carbocycles. The van der Waals surface area contributed by atoms with E-state index in [2.05, 4.69) is 5.32 Å². The van der Waals surface area contributed by atoms with Gasteiger partial charge >= 0.3 is 5.97 Å². The summed E-state index contributed by atoms with van der Waals surface area (Å²) in [4.78, 5) is 23.2. The lowest BCUT2D eigenvalue weighted by atomic mass is 9.96. The molecule has 1 aromatic carbocycles. The lowest BCUT2D eigenvalue weighted by Crippen LogP contribution is -2.45. The minimum Gasteiger partial charge on any atom is -0.480 e. The van der Waals surface area contributed by atoms with E-state index in [1.807, 2.05) is 19.9 Å². The molecule has 5 heteroatoms. The molecule has 0 heterocycles.